The van der Waals surface area contributed by atoms with Gasteiger partial charge in [-0.25, -0.2) is 13.6 Å². The zero-order valence-corrected chi connectivity index (χ0v) is 19.7. The molecule has 0 spiro atoms. The van der Waals surface area contributed by atoms with Gasteiger partial charge >= 0.3 is 12.3 Å². The number of hydrogen-bond donors (Lipinski definition) is 2. The number of ketones is 1. The van der Waals surface area contributed by atoms with Crippen LogP contribution in [0.1, 0.15) is 48.5 Å². The summed E-state index contributed by atoms with van der Waals surface area (Å²) >= 11 is 0. The Balaban J connectivity index is 1.98. The van der Waals surface area contributed by atoms with Gasteiger partial charge in [0.05, 0.1) is 5.56 Å². The van der Waals surface area contributed by atoms with Gasteiger partial charge in [-0.3, -0.25) is 9.69 Å². The highest BCUT2D eigenvalue weighted by Crippen LogP contribution is 2.33. The van der Waals surface area contributed by atoms with Crippen molar-refractivity contribution in [2.45, 2.75) is 45.5 Å². The van der Waals surface area contributed by atoms with Gasteiger partial charge in [-0.15, -0.1) is 13.2 Å². The van der Waals surface area contributed by atoms with Crippen molar-refractivity contribution in [3.8, 4) is 5.75 Å². The van der Waals surface area contributed by atoms with Gasteiger partial charge in [0.2, 0.25) is 17.3 Å². The first kappa shape index (κ1) is 28.0. The average Bonchev–Trinajstić information content (AvgIpc) is 2.83. The van der Waals surface area contributed by atoms with E-state index < -0.39 is 52.5 Å². The molecule has 0 saturated carbocycles. The van der Waals surface area contributed by atoms with Crippen LogP contribution >= 0.6 is 0 Å². The molecule has 0 unspecified atom stereocenters. The second kappa shape index (κ2) is 11.7. The number of ether oxygens (including phenoxy) is 1. The van der Waals surface area contributed by atoms with Gasteiger partial charge in [0.1, 0.15) is 5.57 Å². The van der Waals surface area contributed by atoms with E-state index in [2.05, 4.69) is 15.0 Å². The lowest BCUT2D eigenvalue weighted by Crippen LogP contribution is -2.29. The fourth-order valence-electron chi connectivity index (χ4n) is 4.07. The number of carboxylic acids is 1. The van der Waals surface area contributed by atoms with E-state index in [1.165, 1.54) is 6.92 Å². The van der Waals surface area contributed by atoms with Crippen LogP contribution in [0.5, 0.6) is 5.75 Å². The van der Waals surface area contributed by atoms with Gasteiger partial charge in [0.25, 0.3) is 0 Å². The largest absolute Gasteiger partial charge is 0.573 e. The molecule has 0 aromatic heterocycles. The normalized spacial score (nSPS) is 15.2. The minimum atomic E-state index is -5.60. The van der Waals surface area contributed by atoms with Crippen molar-refractivity contribution >= 4 is 17.4 Å². The highest BCUT2D eigenvalue weighted by molar-refractivity contribution is 6.24. The monoisotopic (exact) mass is 530 g/mol. The van der Waals surface area contributed by atoms with Crippen LogP contribution in [-0.4, -0.2) is 41.2 Å². The summed E-state index contributed by atoms with van der Waals surface area (Å²) in [5.74, 6) is -12.2. The summed E-state index contributed by atoms with van der Waals surface area (Å²) in [5.41, 5.74) is -1.38. The Morgan fingerprint density at radius 3 is 2.32 bits per heavy atom. The Kier molecular flexibility index (Phi) is 8.85. The van der Waals surface area contributed by atoms with Crippen LogP contribution < -0.4 is 10.1 Å². The Morgan fingerprint density at radius 1 is 1.05 bits per heavy atom. The Hall–Kier alpha value is -3.54. The summed E-state index contributed by atoms with van der Waals surface area (Å²) in [6.45, 7) is 4.01. The molecule has 0 aliphatic carbocycles. The van der Waals surface area contributed by atoms with E-state index in [0.29, 0.717) is 12.2 Å². The van der Waals surface area contributed by atoms with Crippen molar-refractivity contribution < 1.29 is 45.8 Å². The van der Waals surface area contributed by atoms with Crippen LogP contribution in [0.2, 0.25) is 0 Å². The smallest absolute Gasteiger partial charge is 0.477 e. The fourth-order valence-corrected chi connectivity index (χ4v) is 4.07. The number of carbonyl (C=O) groups excluding carboxylic acids is 1. The third-order valence-corrected chi connectivity index (χ3v) is 5.75. The third-order valence-electron chi connectivity index (χ3n) is 5.75. The quantitative estimate of drug-likeness (QED) is 0.103. The summed E-state index contributed by atoms with van der Waals surface area (Å²) in [5, 5.41) is 12.5. The van der Waals surface area contributed by atoms with E-state index in [1.807, 2.05) is 6.07 Å². The maximum atomic E-state index is 14.7. The SMILES string of the molecule is CCC(Nc1cccc(CN2CCCCC2)c1)=C(C(=O)O)C(=O)c1cc(F)c(F)c(OC(F)(F)F)c1F. The molecule has 2 aromatic rings. The molecule has 3 rings (SSSR count). The van der Waals surface area contributed by atoms with E-state index >= 15 is 0 Å². The first-order chi connectivity index (χ1) is 17.4. The van der Waals surface area contributed by atoms with Gasteiger partial charge in [-0.05, 0) is 56.1 Å². The predicted octanol–water partition coefficient (Wildman–Crippen LogP) is 6.03. The molecule has 1 aliphatic heterocycles. The molecule has 2 N–H and O–H groups in total. The number of carboxylic acid groups (broad SMARTS) is 1. The number of Topliss-reactive ketones (excluding diaryl/α,β-unsaturated/α-hetero) is 1. The van der Waals surface area contributed by atoms with E-state index in [1.54, 1.807) is 18.2 Å². The van der Waals surface area contributed by atoms with E-state index in [-0.39, 0.29) is 18.2 Å². The maximum Gasteiger partial charge on any atom is 0.573 e. The molecule has 1 fully saturated rings. The number of hydrogen-bond acceptors (Lipinski definition) is 5. The van der Waals surface area contributed by atoms with Crippen LogP contribution in [0.25, 0.3) is 0 Å². The number of allylic oxidation sites excluding steroid dienone is 1. The Morgan fingerprint density at radius 2 is 1.73 bits per heavy atom. The molecule has 12 heteroatoms. The van der Waals surface area contributed by atoms with Gasteiger partial charge in [-0.1, -0.05) is 25.5 Å². The standard InChI is InChI=1S/C25H24F6N2O4/c1-2-18(32-15-8-6-7-14(11-15)13-33-9-4-3-5-10-33)19(24(35)36)22(34)16-12-17(26)21(28)23(20(16)27)37-25(29,30)31/h6-8,11-12,32H,2-5,9-10,13H2,1H3,(H,35,36). The second-order valence-electron chi connectivity index (χ2n) is 8.41. The second-order valence-corrected chi connectivity index (χ2v) is 8.41. The van der Waals surface area contributed by atoms with Crippen LogP contribution in [0, 0.1) is 17.5 Å². The lowest BCUT2D eigenvalue weighted by molar-refractivity contribution is -0.276. The first-order valence-corrected chi connectivity index (χ1v) is 11.4. The van der Waals surface area contributed by atoms with Crippen molar-refractivity contribution in [2.24, 2.45) is 0 Å². The molecule has 37 heavy (non-hydrogen) atoms. The number of aliphatic carboxylic acids is 1. The minimum absolute atomic E-state index is 0.00824. The van der Waals surface area contributed by atoms with Crippen LogP contribution in [-0.2, 0) is 11.3 Å². The molecule has 0 amide bonds. The Labute approximate surface area is 208 Å². The highest BCUT2D eigenvalue weighted by atomic mass is 19.4. The molecule has 0 bridgehead atoms. The number of benzene rings is 2. The van der Waals surface area contributed by atoms with Crippen molar-refractivity contribution in [3.63, 3.8) is 0 Å². The van der Waals surface area contributed by atoms with E-state index in [9.17, 15) is 41.0 Å². The van der Waals surface area contributed by atoms with Crippen molar-refractivity contribution in [3.05, 3.63) is 70.2 Å². The minimum Gasteiger partial charge on any atom is -0.477 e. The zero-order valence-electron chi connectivity index (χ0n) is 19.7. The van der Waals surface area contributed by atoms with Gasteiger partial charge in [0.15, 0.2) is 11.6 Å². The number of alkyl halides is 3. The molecular formula is C25H24F6N2O4. The number of nitrogens with zero attached hydrogens (tertiary/aromatic N) is 1. The summed E-state index contributed by atoms with van der Waals surface area (Å²) in [6.07, 6.45) is -2.36. The van der Waals surface area contributed by atoms with Crippen LogP contribution in [0.15, 0.2) is 41.6 Å². The molecule has 200 valence electrons. The summed E-state index contributed by atoms with van der Waals surface area (Å²) in [4.78, 5) is 27.2. The van der Waals surface area contributed by atoms with Crippen LogP contribution in [0.4, 0.5) is 32.0 Å². The molecule has 0 atom stereocenters. The number of piperidine rings is 1. The van der Waals surface area contributed by atoms with Crippen molar-refractivity contribution in [1.82, 2.24) is 4.90 Å². The Bertz CT molecular complexity index is 1210. The fraction of sp³-hybridized carbons (Fsp3) is 0.360. The van der Waals surface area contributed by atoms with E-state index in [0.717, 1.165) is 37.9 Å². The predicted molar refractivity (Wildman–Crippen MR) is 121 cm³/mol. The topological polar surface area (TPSA) is 78.9 Å². The summed E-state index contributed by atoms with van der Waals surface area (Å²) in [7, 11) is 0. The number of nitrogens with one attached hydrogen (secondary N) is 1. The average molecular weight is 530 g/mol. The lowest BCUT2D eigenvalue weighted by Gasteiger charge is -2.26. The van der Waals surface area contributed by atoms with E-state index in [4.69, 9.17) is 0 Å². The van der Waals surface area contributed by atoms with Gasteiger partial charge in [-0.2, -0.15) is 4.39 Å². The molecule has 0 radical (unpaired) electrons. The molecule has 1 saturated heterocycles. The van der Waals surface area contributed by atoms with Gasteiger partial charge in [0, 0.05) is 17.9 Å². The molecule has 1 heterocycles. The van der Waals surface area contributed by atoms with Gasteiger partial charge < -0.3 is 15.2 Å². The lowest BCUT2D eigenvalue weighted by atomic mass is 9.99. The highest BCUT2D eigenvalue weighted by Gasteiger charge is 2.37. The first-order valence-electron chi connectivity index (χ1n) is 11.4. The van der Waals surface area contributed by atoms with Crippen LogP contribution in [0.3, 0.4) is 0 Å². The number of anilines is 1. The van der Waals surface area contributed by atoms with Crippen molar-refractivity contribution in [1.29, 1.82) is 0 Å². The zero-order chi connectivity index (χ0) is 27.3. The number of carbonyl (C=O) groups is 2. The number of rotatable bonds is 9. The molecule has 1 aliphatic rings. The molecule has 6 nitrogen and oxygen atoms in total. The maximum absolute atomic E-state index is 14.7. The molecule has 2 aromatic carbocycles. The number of halogens is 6. The third kappa shape index (κ3) is 7.03. The molecular weight excluding hydrogens is 506 g/mol. The number of likely N-dealkylation sites (tertiary alicyclic amines) is 1. The summed E-state index contributed by atoms with van der Waals surface area (Å²) < 4.78 is 83.4. The van der Waals surface area contributed by atoms with Crippen molar-refractivity contribution in [2.75, 3.05) is 18.4 Å². The summed E-state index contributed by atoms with van der Waals surface area (Å²) in [6, 6.07) is 6.92.